The number of carbonyl (C=O) groups is 1. The molecule has 0 fully saturated rings. The van der Waals surface area contributed by atoms with E-state index in [9.17, 15) is 32.9 Å². The fourth-order valence-corrected chi connectivity index (χ4v) is 4.16. The zero-order valence-electron chi connectivity index (χ0n) is 20.5. The van der Waals surface area contributed by atoms with Crippen LogP contribution >= 0.6 is 11.6 Å². The van der Waals surface area contributed by atoms with Gasteiger partial charge >= 0.3 is 12.1 Å². The summed E-state index contributed by atoms with van der Waals surface area (Å²) in [6.07, 6.45) is -5.11. The van der Waals surface area contributed by atoms with E-state index in [1.807, 2.05) is 30.3 Å². The molecular formula is C29H15ClF3NO7. The molecule has 0 aliphatic carbocycles. The zero-order valence-corrected chi connectivity index (χ0v) is 21.2. The number of nitro benzene ring substituents is 1. The van der Waals surface area contributed by atoms with Gasteiger partial charge in [0.05, 0.1) is 20.9 Å². The molecule has 1 heterocycles. The fraction of sp³-hybridized carbons (Fsp3) is 0.0345. The summed E-state index contributed by atoms with van der Waals surface area (Å²) >= 11 is 5.94. The Morgan fingerprint density at radius 3 is 2.17 bits per heavy atom. The van der Waals surface area contributed by atoms with Crippen molar-refractivity contribution in [3.05, 3.63) is 128 Å². The smallest absolute Gasteiger partial charge is 0.449 e. The molecule has 0 saturated heterocycles. The SMILES string of the molecule is O=C(Oc1ccc2c(=O)c(Oc3ccc(-c4ccccc4)cc3)c(C(F)(F)F)oc2c1)c1ccc([N+](=O)[O-])cc1Cl. The molecule has 0 N–H and O–H groups in total. The maximum Gasteiger partial charge on any atom is 0.453 e. The van der Waals surface area contributed by atoms with Crippen molar-refractivity contribution in [2.24, 2.45) is 0 Å². The number of esters is 1. The second-order valence-electron chi connectivity index (χ2n) is 8.55. The molecule has 4 aromatic carbocycles. The third-order valence-electron chi connectivity index (χ3n) is 5.85. The summed E-state index contributed by atoms with van der Waals surface area (Å²) in [5.41, 5.74) is -0.527. The van der Waals surface area contributed by atoms with Crippen molar-refractivity contribution in [2.45, 2.75) is 6.18 Å². The summed E-state index contributed by atoms with van der Waals surface area (Å²) in [6, 6.07) is 21.7. The lowest BCUT2D eigenvalue weighted by Gasteiger charge is -2.14. The van der Waals surface area contributed by atoms with Crippen LogP contribution in [0.25, 0.3) is 22.1 Å². The van der Waals surface area contributed by atoms with Crippen molar-refractivity contribution in [3.8, 4) is 28.4 Å². The van der Waals surface area contributed by atoms with E-state index < -0.39 is 39.6 Å². The van der Waals surface area contributed by atoms with Gasteiger partial charge in [-0.15, -0.1) is 0 Å². The molecule has 0 aliphatic rings. The Labute approximate surface area is 233 Å². The van der Waals surface area contributed by atoms with Gasteiger partial charge in [0.25, 0.3) is 11.4 Å². The summed E-state index contributed by atoms with van der Waals surface area (Å²) in [7, 11) is 0. The molecule has 0 radical (unpaired) electrons. The van der Waals surface area contributed by atoms with Crippen LogP contribution in [-0.2, 0) is 6.18 Å². The van der Waals surface area contributed by atoms with Gasteiger partial charge in [-0.3, -0.25) is 14.9 Å². The van der Waals surface area contributed by atoms with Gasteiger partial charge in [0.2, 0.25) is 11.2 Å². The van der Waals surface area contributed by atoms with E-state index in [4.69, 9.17) is 25.5 Å². The number of alkyl halides is 3. The van der Waals surface area contributed by atoms with E-state index in [0.29, 0.717) is 0 Å². The normalized spacial score (nSPS) is 11.3. The van der Waals surface area contributed by atoms with Gasteiger partial charge < -0.3 is 13.9 Å². The second-order valence-corrected chi connectivity index (χ2v) is 8.96. The zero-order chi connectivity index (χ0) is 29.3. The molecule has 1 aromatic heterocycles. The van der Waals surface area contributed by atoms with E-state index in [-0.39, 0.29) is 33.2 Å². The highest BCUT2D eigenvalue weighted by Gasteiger charge is 2.40. The monoisotopic (exact) mass is 581 g/mol. The first-order chi connectivity index (χ1) is 19.5. The van der Waals surface area contributed by atoms with Crippen LogP contribution in [0.1, 0.15) is 16.1 Å². The fourth-order valence-electron chi connectivity index (χ4n) is 3.91. The molecule has 0 spiro atoms. The van der Waals surface area contributed by atoms with Crippen LogP contribution in [0.4, 0.5) is 18.9 Å². The number of nitro groups is 1. The van der Waals surface area contributed by atoms with Crippen molar-refractivity contribution >= 4 is 34.2 Å². The van der Waals surface area contributed by atoms with Gasteiger partial charge in [-0.2, -0.15) is 13.2 Å². The first-order valence-electron chi connectivity index (χ1n) is 11.7. The molecule has 0 saturated carbocycles. The van der Waals surface area contributed by atoms with Crippen LogP contribution in [0.2, 0.25) is 5.02 Å². The van der Waals surface area contributed by atoms with E-state index in [0.717, 1.165) is 41.5 Å². The van der Waals surface area contributed by atoms with Gasteiger partial charge in [-0.1, -0.05) is 54.1 Å². The molecule has 12 heteroatoms. The molecule has 0 bridgehead atoms. The highest BCUT2D eigenvalue weighted by Crippen LogP contribution is 2.39. The predicted molar refractivity (Wildman–Crippen MR) is 143 cm³/mol. The lowest BCUT2D eigenvalue weighted by molar-refractivity contribution is -0.384. The summed E-state index contributed by atoms with van der Waals surface area (Å²) in [6.45, 7) is 0. The number of hydrogen-bond acceptors (Lipinski definition) is 7. The van der Waals surface area contributed by atoms with Crippen LogP contribution in [0.5, 0.6) is 17.2 Å². The Balaban J connectivity index is 1.47. The Hall–Kier alpha value is -5.16. The molecule has 5 rings (SSSR count). The highest BCUT2D eigenvalue weighted by atomic mass is 35.5. The summed E-state index contributed by atoms with van der Waals surface area (Å²) in [5.74, 6) is -4.06. The summed E-state index contributed by atoms with van der Waals surface area (Å²) in [5, 5.41) is 10.3. The number of ether oxygens (including phenoxy) is 2. The van der Waals surface area contributed by atoms with Crippen molar-refractivity contribution in [1.82, 2.24) is 0 Å². The van der Waals surface area contributed by atoms with E-state index in [1.165, 1.54) is 18.2 Å². The minimum Gasteiger partial charge on any atom is -0.449 e. The number of rotatable bonds is 6. The average molecular weight is 582 g/mol. The van der Waals surface area contributed by atoms with Gasteiger partial charge in [0, 0.05) is 18.2 Å². The molecule has 0 aliphatic heterocycles. The molecule has 0 unspecified atom stereocenters. The Morgan fingerprint density at radius 2 is 1.54 bits per heavy atom. The third kappa shape index (κ3) is 5.75. The van der Waals surface area contributed by atoms with Crippen LogP contribution in [0, 0.1) is 10.1 Å². The number of fused-ring (bicyclic) bond motifs is 1. The van der Waals surface area contributed by atoms with Gasteiger partial charge in [0.15, 0.2) is 0 Å². The van der Waals surface area contributed by atoms with Crippen LogP contribution in [0.15, 0.2) is 100 Å². The molecule has 41 heavy (non-hydrogen) atoms. The van der Waals surface area contributed by atoms with Crippen LogP contribution < -0.4 is 14.9 Å². The number of benzene rings is 4. The van der Waals surface area contributed by atoms with Crippen LogP contribution in [0.3, 0.4) is 0 Å². The summed E-state index contributed by atoms with van der Waals surface area (Å²) in [4.78, 5) is 35.8. The number of carbonyl (C=O) groups excluding carboxylic acids is 1. The first-order valence-corrected chi connectivity index (χ1v) is 12.1. The minimum atomic E-state index is -5.11. The van der Waals surface area contributed by atoms with E-state index in [2.05, 4.69) is 0 Å². The quantitative estimate of drug-likeness (QED) is 0.0863. The van der Waals surface area contributed by atoms with Gasteiger partial charge in [-0.05, 0) is 41.5 Å². The Morgan fingerprint density at radius 1 is 0.878 bits per heavy atom. The maximum atomic E-state index is 13.9. The van der Waals surface area contributed by atoms with Crippen LogP contribution in [-0.4, -0.2) is 10.9 Å². The standard InChI is InChI=1S/C29H15ClF3NO7/c30-23-14-18(34(37)38)8-12-21(23)28(36)40-20-11-13-22-24(15-20)41-27(29(31,32)33)26(25(22)35)39-19-9-6-17(7-10-19)16-4-2-1-3-5-16/h1-15H. The minimum absolute atomic E-state index is 0.0210. The lowest BCUT2D eigenvalue weighted by atomic mass is 10.1. The summed E-state index contributed by atoms with van der Waals surface area (Å²) < 4.78 is 57.4. The number of nitrogens with zero attached hydrogens (tertiary/aromatic N) is 1. The highest BCUT2D eigenvalue weighted by molar-refractivity contribution is 6.33. The van der Waals surface area contributed by atoms with E-state index >= 15 is 0 Å². The number of hydrogen-bond donors (Lipinski definition) is 0. The van der Waals surface area contributed by atoms with Crippen molar-refractivity contribution in [2.75, 3.05) is 0 Å². The molecule has 0 amide bonds. The Bertz CT molecular complexity index is 1850. The average Bonchev–Trinajstić information content (AvgIpc) is 2.94. The number of non-ortho nitro benzene ring substituents is 1. The predicted octanol–water partition coefficient (Wildman–Crippen LogP) is 8.05. The molecule has 8 nitrogen and oxygen atoms in total. The topological polar surface area (TPSA) is 109 Å². The second kappa shape index (κ2) is 10.8. The van der Waals surface area contributed by atoms with E-state index in [1.54, 1.807) is 12.1 Å². The number of halogens is 4. The molecule has 0 atom stereocenters. The van der Waals surface area contributed by atoms with Gasteiger partial charge in [0.1, 0.15) is 17.1 Å². The van der Waals surface area contributed by atoms with Crippen molar-refractivity contribution < 1.29 is 36.8 Å². The first kappa shape index (κ1) is 27.4. The van der Waals surface area contributed by atoms with Crippen molar-refractivity contribution in [3.63, 3.8) is 0 Å². The molecule has 206 valence electrons. The Kier molecular flexibility index (Phi) is 7.21. The largest absolute Gasteiger partial charge is 0.453 e. The lowest BCUT2D eigenvalue weighted by Crippen LogP contribution is -2.15. The molecular weight excluding hydrogens is 567 g/mol. The third-order valence-corrected chi connectivity index (χ3v) is 6.17. The van der Waals surface area contributed by atoms with Crippen molar-refractivity contribution in [1.29, 1.82) is 0 Å². The molecule has 5 aromatic rings. The maximum absolute atomic E-state index is 13.9. The van der Waals surface area contributed by atoms with Gasteiger partial charge in [-0.25, -0.2) is 4.79 Å².